The van der Waals surface area contributed by atoms with Gasteiger partial charge in [0.25, 0.3) is 0 Å². The molecule has 0 aromatic heterocycles. The van der Waals surface area contributed by atoms with Crippen molar-refractivity contribution < 1.29 is 27.9 Å². The van der Waals surface area contributed by atoms with Gasteiger partial charge in [-0.1, -0.05) is 135 Å². The van der Waals surface area contributed by atoms with Crippen LogP contribution in [0.5, 0.6) is 34.5 Å². The molecule has 0 unspecified atom stereocenters. The molecule has 0 N–H and O–H groups in total. The first-order chi connectivity index (χ1) is 27.1. The SMILES string of the molecule is CC(C)(C)c1ccc(B2Oc3cc4c5cc6c(cc5c5cc7c(cc5c4cc3O2)OB(c2ccc(C(C)(C)C)cc2)O7)OB(c2ccc(C(C)(C)C)cc2)O6)cc1. The van der Waals surface area contributed by atoms with Gasteiger partial charge in [0.1, 0.15) is 34.5 Å². The minimum Gasteiger partial charge on any atom is -0.519 e. The van der Waals surface area contributed by atoms with E-state index in [2.05, 4.69) is 172 Å². The lowest BCUT2D eigenvalue weighted by Gasteiger charge is -2.19. The van der Waals surface area contributed by atoms with Crippen LogP contribution < -0.4 is 44.3 Å². The largest absolute Gasteiger partial charge is 0.632 e. The summed E-state index contributed by atoms with van der Waals surface area (Å²) in [4.78, 5) is 0. The van der Waals surface area contributed by atoms with Gasteiger partial charge in [-0.25, -0.2) is 0 Å². The van der Waals surface area contributed by atoms with Crippen molar-refractivity contribution in [1.82, 2.24) is 0 Å². The molecule has 3 aliphatic heterocycles. The number of rotatable bonds is 3. The molecule has 57 heavy (non-hydrogen) atoms. The summed E-state index contributed by atoms with van der Waals surface area (Å²) in [5, 5.41) is 6.09. The first-order valence-electron chi connectivity index (χ1n) is 19.9. The zero-order chi connectivity index (χ0) is 39.6. The summed E-state index contributed by atoms with van der Waals surface area (Å²) in [5.74, 6) is 4.18. The van der Waals surface area contributed by atoms with E-state index < -0.39 is 21.4 Å². The van der Waals surface area contributed by atoms with E-state index in [0.29, 0.717) is 34.5 Å². The van der Waals surface area contributed by atoms with Crippen LogP contribution in [-0.2, 0) is 16.2 Å². The van der Waals surface area contributed by atoms with Gasteiger partial charge in [0, 0.05) is 16.4 Å². The Hall–Kier alpha value is -5.69. The average Bonchev–Trinajstić information content (AvgIpc) is 3.91. The first kappa shape index (κ1) is 35.7. The molecule has 0 aliphatic carbocycles. The predicted molar refractivity (Wildman–Crippen MR) is 234 cm³/mol. The summed E-state index contributed by atoms with van der Waals surface area (Å²) in [6.45, 7) is 20.0. The number of benzene rings is 7. The normalized spacial score (nSPS) is 14.8. The molecule has 0 spiro atoms. The number of hydrogen-bond donors (Lipinski definition) is 0. The molecule has 7 aromatic carbocycles. The molecule has 0 fully saturated rings. The lowest BCUT2D eigenvalue weighted by Crippen LogP contribution is -2.39. The van der Waals surface area contributed by atoms with E-state index in [1.807, 2.05) is 0 Å². The highest BCUT2D eigenvalue weighted by Gasteiger charge is 2.39. The minimum absolute atomic E-state index is 0.0520. The Kier molecular flexibility index (Phi) is 7.77. The summed E-state index contributed by atoms with van der Waals surface area (Å²) < 4.78 is 39.2. The van der Waals surface area contributed by atoms with E-state index >= 15 is 0 Å². The molecule has 0 radical (unpaired) electrons. The van der Waals surface area contributed by atoms with Crippen molar-refractivity contribution in [1.29, 1.82) is 0 Å². The molecule has 9 heteroatoms. The van der Waals surface area contributed by atoms with Crippen LogP contribution in [0.2, 0.25) is 0 Å². The van der Waals surface area contributed by atoms with E-state index in [1.165, 1.54) is 16.7 Å². The Morgan fingerprint density at radius 2 is 0.456 bits per heavy atom. The van der Waals surface area contributed by atoms with Crippen LogP contribution in [0.1, 0.15) is 79.0 Å². The van der Waals surface area contributed by atoms with Gasteiger partial charge in [-0.05, 0) is 102 Å². The molecule has 3 heterocycles. The predicted octanol–water partition coefficient (Wildman–Crippen LogP) is 9.54. The van der Waals surface area contributed by atoms with Gasteiger partial charge >= 0.3 is 21.4 Å². The van der Waals surface area contributed by atoms with Crippen molar-refractivity contribution in [2.75, 3.05) is 0 Å². The first-order valence-corrected chi connectivity index (χ1v) is 19.9. The molecule has 7 aromatic rings. The van der Waals surface area contributed by atoms with E-state index in [-0.39, 0.29) is 16.2 Å². The number of fused-ring (bicyclic) bond motifs is 9. The summed E-state index contributed by atoms with van der Waals surface area (Å²) in [7, 11) is -1.66. The minimum atomic E-state index is -0.554. The van der Waals surface area contributed by atoms with Crippen LogP contribution in [0.15, 0.2) is 109 Å². The maximum absolute atomic E-state index is 6.53. The van der Waals surface area contributed by atoms with Gasteiger partial charge in [0.2, 0.25) is 0 Å². The molecule has 0 saturated carbocycles. The van der Waals surface area contributed by atoms with E-state index in [0.717, 1.165) is 48.7 Å². The standard InChI is InChI=1S/C48H45B3O6/c1-46(2,3)28-10-16-31(17-11-28)49-52-40-22-34-35(23-41(40)53-49)37-25-43-45(57-51(55-43)33-20-14-30(15-21-33)48(7,8)9)27-39(37)38-26-44-42(24-36(34)38)54-50(56-44)32-18-12-29(13-19-32)47(4,5)6/h10-27H,1-9H3. The summed E-state index contributed by atoms with van der Waals surface area (Å²) >= 11 is 0. The summed E-state index contributed by atoms with van der Waals surface area (Å²) in [5.41, 5.74) is 6.83. The lowest BCUT2D eigenvalue weighted by molar-refractivity contribution is 0.518. The maximum Gasteiger partial charge on any atom is 0.632 e. The monoisotopic (exact) mass is 750 g/mol. The van der Waals surface area contributed by atoms with Crippen molar-refractivity contribution in [3.63, 3.8) is 0 Å². The second-order valence-corrected chi connectivity index (χ2v) is 18.9. The maximum atomic E-state index is 6.53. The molecule has 6 nitrogen and oxygen atoms in total. The average molecular weight is 750 g/mol. The molecular weight excluding hydrogens is 705 g/mol. The molecular formula is C48H45B3O6. The highest BCUT2D eigenvalue weighted by Crippen LogP contribution is 2.49. The number of hydrogen-bond acceptors (Lipinski definition) is 6. The van der Waals surface area contributed by atoms with E-state index in [4.69, 9.17) is 27.9 Å². The second kappa shape index (κ2) is 12.4. The zero-order valence-corrected chi connectivity index (χ0v) is 34.1. The summed E-state index contributed by atoms with van der Waals surface area (Å²) in [6.07, 6.45) is 0. The lowest BCUT2D eigenvalue weighted by atomic mass is 9.77. The highest BCUT2D eigenvalue weighted by molar-refractivity contribution is 6.64. The Morgan fingerprint density at radius 3 is 0.614 bits per heavy atom. The third kappa shape index (κ3) is 6.14. The van der Waals surface area contributed by atoms with Gasteiger partial charge < -0.3 is 27.9 Å². The molecule has 282 valence electrons. The fourth-order valence-corrected chi connectivity index (χ4v) is 8.16. The second-order valence-electron chi connectivity index (χ2n) is 18.9. The van der Waals surface area contributed by atoms with Gasteiger partial charge in [-0.3, -0.25) is 0 Å². The Balaban J connectivity index is 1.08. The van der Waals surface area contributed by atoms with Gasteiger partial charge in [-0.15, -0.1) is 0 Å². The fourth-order valence-electron chi connectivity index (χ4n) is 8.16. The van der Waals surface area contributed by atoms with Crippen LogP contribution >= 0.6 is 0 Å². The zero-order valence-electron chi connectivity index (χ0n) is 34.1. The Labute approximate surface area is 335 Å². The van der Waals surface area contributed by atoms with Crippen molar-refractivity contribution >= 4 is 70.1 Å². The van der Waals surface area contributed by atoms with Crippen molar-refractivity contribution in [3.8, 4) is 34.5 Å². The Morgan fingerprint density at radius 1 is 0.281 bits per heavy atom. The van der Waals surface area contributed by atoms with Crippen LogP contribution in [0.3, 0.4) is 0 Å². The molecule has 3 aliphatic rings. The molecule has 0 bridgehead atoms. The van der Waals surface area contributed by atoms with Gasteiger partial charge in [-0.2, -0.15) is 0 Å². The quantitative estimate of drug-likeness (QED) is 0.133. The van der Waals surface area contributed by atoms with Crippen molar-refractivity contribution in [2.45, 2.75) is 78.6 Å². The molecule has 0 amide bonds. The van der Waals surface area contributed by atoms with Crippen LogP contribution in [0, 0.1) is 0 Å². The topological polar surface area (TPSA) is 55.4 Å². The highest BCUT2D eigenvalue weighted by atomic mass is 16.6. The van der Waals surface area contributed by atoms with Crippen molar-refractivity contribution in [2.24, 2.45) is 0 Å². The molecule has 0 saturated heterocycles. The smallest absolute Gasteiger partial charge is 0.519 e. The third-order valence-corrected chi connectivity index (χ3v) is 11.7. The van der Waals surface area contributed by atoms with Gasteiger partial charge in [0.05, 0.1) is 0 Å². The third-order valence-electron chi connectivity index (χ3n) is 11.7. The van der Waals surface area contributed by atoms with E-state index in [1.54, 1.807) is 0 Å². The van der Waals surface area contributed by atoms with Crippen molar-refractivity contribution in [3.05, 3.63) is 126 Å². The Bertz CT molecular complexity index is 2310. The van der Waals surface area contributed by atoms with Crippen LogP contribution in [0.4, 0.5) is 0 Å². The van der Waals surface area contributed by atoms with Gasteiger partial charge in [0.15, 0.2) is 0 Å². The van der Waals surface area contributed by atoms with Crippen LogP contribution in [-0.4, -0.2) is 21.4 Å². The molecule has 0 atom stereocenters. The van der Waals surface area contributed by atoms with E-state index in [9.17, 15) is 0 Å². The fraction of sp³-hybridized carbons (Fsp3) is 0.250. The van der Waals surface area contributed by atoms with Crippen LogP contribution in [0.25, 0.3) is 32.3 Å². The summed E-state index contributed by atoms with van der Waals surface area (Å²) in [6, 6.07) is 38.2. The molecule has 10 rings (SSSR count).